The molecule has 4 nitrogen and oxygen atoms in total. The molecule has 0 heterocycles. The third-order valence-corrected chi connectivity index (χ3v) is 1.94. The summed E-state index contributed by atoms with van der Waals surface area (Å²) in [6, 6.07) is 6.95. The molecule has 1 aromatic carbocycles. The lowest BCUT2D eigenvalue weighted by Crippen LogP contribution is -1.99. The Labute approximate surface area is 92.8 Å². The first kappa shape index (κ1) is 12.0. The van der Waals surface area contributed by atoms with Crippen LogP contribution < -0.4 is 0 Å². The topological polar surface area (TPSA) is 74.6 Å². The van der Waals surface area contributed by atoms with Gasteiger partial charge in [-0.15, -0.1) is 0 Å². The molecule has 0 atom stereocenters. The SMILES string of the molecule is O=C(O)CC=Cc1ccc(CC(=O)O)cc1. The van der Waals surface area contributed by atoms with E-state index in [1.807, 2.05) is 0 Å². The van der Waals surface area contributed by atoms with Crippen LogP contribution in [0.5, 0.6) is 0 Å². The summed E-state index contributed by atoms with van der Waals surface area (Å²) in [4.78, 5) is 20.7. The first-order chi connectivity index (χ1) is 7.58. The Balaban J connectivity index is 2.60. The lowest BCUT2D eigenvalue weighted by atomic mass is 10.1. The maximum atomic E-state index is 10.4. The van der Waals surface area contributed by atoms with Crippen LogP contribution in [0.2, 0.25) is 0 Å². The maximum Gasteiger partial charge on any atom is 0.307 e. The molecule has 2 N–H and O–H groups in total. The van der Waals surface area contributed by atoms with Gasteiger partial charge in [-0.2, -0.15) is 0 Å². The van der Waals surface area contributed by atoms with E-state index in [1.54, 1.807) is 36.4 Å². The van der Waals surface area contributed by atoms with E-state index in [9.17, 15) is 9.59 Å². The summed E-state index contributed by atoms with van der Waals surface area (Å²) in [6.07, 6.45) is 3.23. The number of carboxylic acids is 2. The van der Waals surface area contributed by atoms with Gasteiger partial charge >= 0.3 is 11.9 Å². The minimum absolute atomic E-state index is 0.000873. The highest BCUT2D eigenvalue weighted by molar-refractivity contribution is 5.71. The van der Waals surface area contributed by atoms with Gasteiger partial charge in [0.2, 0.25) is 0 Å². The van der Waals surface area contributed by atoms with Crippen molar-refractivity contribution in [1.29, 1.82) is 0 Å². The number of aliphatic carboxylic acids is 2. The van der Waals surface area contributed by atoms with Crippen molar-refractivity contribution < 1.29 is 19.8 Å². The molecule has 0 saturated heterocycles. The van der Waals surface area contributed by atoms with E-state index in [4.69, 9.17) is 10.2 Å². The quantitative estimate of drug-likeness (QED) is 0.793. The molecule has 1 aromatic rings. The highest BCUT2D eigenvalue weighted by Crippen LogP contribution is 2.07. The number of carboxylic acid groups (broad SMARTS) is 2. The van der Waals surface area contributed by atoms with Crippen molar-refractivity contribution >= 4 is 18.0 Å². The van der Waals surface area contributed by atoms with E-state index < -0.39 is 11.9 Å². The monoisotopic (exact) mass is 220 g/mol. The van der Waals surface area contributed by atoms with Gasteiger partial charge in [0.1, 0.15) is 0 Å². The third kappa shape index (κ3) is 4.41. The molecule has 0 unspecified atom stereocenters. The number of rotatable bonds is 5. The Kier molecular flexibility index (Phi) is 4.27. The van der Waals surface area contributed by atoms with E-state index in [2.05, 4.69) is 0 Å². The third-order valence-electron chi connectivity index (χ3n) is 1.94. The molecular formula is C12H12O4. The lowest BCUT2D eigenvalue weighted by molar-refractivity contribution is -0.137. The predicted molar refractivity (Wildman–Crippen MR) is 59.1 cm³/mol. The second kappa shape index (κ2) is 5.70. The molecular weight excluding hydrogens is 208 g/mol. The first-order valence-electron chi connectivity index (χ1n) is 4.77. The molecule has 4 heteroatoms. The summed E-state index contributed by atoms with van der Waals surface area (Å²) in [5.41, 5.74) is 1.58. The van der Waals surface area contributed by atoms with Gasteiger partial charge in [-0.1, -0.05) is 36.4 Å². The number of hydrogen-bond donors (Lipinski definition) is 2. The van der Waals surface area contributed by atoms with Crippen LogP contribution in [0.3, 0.4) is 0 Å². The fraction of sp³-hybridized carbons (Fsp3) is 0.167. The molecule has 0 spiro atoms. The number of hydrogen-bond acceptors (Lipinski definition) is 2. The molecule has 0 saturated carbocycles. The first-order valence-corrected chi connectivity index (χ1v) is 4.77. The van der Waals surface area contributed by atoms with Crippen LogP contribution in [0.25, 0.3) is 6.08 Å². The van der Waals surface area contributed by atoms with Gasteiger partial charge in [0.05, 0.1) is 12.8 Å². The highest BCUT2D eigenvalue weighted by Gasteiger charge is 1.99. The zero-order valence-electron chi connectivity index (χ0n) is 8.59. The molecule has 0 radical (unpaired) electrons. The van der Waals surface area contributed by atoms with Crippen LogP contribution in [0.1, 0.15) is 17.5 Å². The Morgan fingerprint density at radius 2 is 1.69 bits per heavy atom. The average molecular weight is 220 g/mol. The summed E-state index contributed by atoms with van der Waals surface area (Å²) in [7, 11) is 0. The van der Waals surface area contributed by atoms with Crippen LogP contribution in [-0.2, 0) is 16.0 Å². The molecule has 0 fully saturated rings. The van der Waals surface area contributed by atoms with Gasteiger partial charge < -0.3 is 10.2 Å². The zero-order chi connectivity index (χ0) is 12.0. The van der Waals surface area contributed by atoms with Gasteiger partial charge in [0.25, 0.3) is 0 Å². The van der Waals surface area contributed by atoms with E-state index in [-0.39, 0.29) is 12.8 Å². The molecule has 16 heavy (non-hydrogen) atoms. The van der Waals surface area contributed by atoms with Gasteiger partial charge in [0.15, 0.2) is 0 Å². The summed E-state index contributed by atoms with van der Waals surface area (Å²) >= 11 is 0. The molecule has 1 rings (SSSR count). The van der Waals surface area contributed by atoms with Gasteiger partial charge in [-0.25, -0.2) is 0 Å². The summed E-state index contributed by atoms with van der Waals surface area (Å²) in [6.45, 7) is 0. The Hall–Kier alpha value is -2.10. The number of benzene rings is 1. The molecule has 0 aliphatic carbocycles. The van der Waals surface area contributed by atoms with Crippen LogP contribution in [-0.4, -0.2) is 22.2 Å². The Morgan fingerprint density at radius 3 is 2.19 bits per heavy atom. The van der Waals surface area contributed by atoms with Gasteiger partial charge in [-0.05, 0) is 11.1 Å². The average Bonchev–Trinajstić information content (AvgIpc) is 2.19. The highest BCUT2D eigenvalue weighted by atomic mass is 16.4. The van der Waals surface area contributed by atoms with Crippen LogP contribution >= 0.6 is 0 Å². The van der Waals surface area contributed by atoms with Crippen LogP contribution in [0.15, 0.2) is 30.3 Å². The van der Waals surface area contributed by atoms with Crippen molar-refractivity contribution in [3.63, 3.8) is 0 Å². The Morgan fingerprint density at radius 1 is 1.06 bits per heavy atom. The molecule has 0 aliphatic rings. The van der Waals surface area contributed by atoms with Crippen LogP contribution in [0.4, 0.5) is 0 Å². The number of carbonyl (C=O) groups is 2. The molecule has 0 aliphatic heterocycles. The maximum absolute atomic E-state index is 10.4. The molecule has 0 bridgehead atoms. The van der Waals surface area contributed by atoms with Crippen LogP contribution in [0, 0.1) is 0 Å². The lowest BCUT2D eigenvalue weighted by Gasteiger charge is -1.97. The molecule has 0 amide bonds. The fourth-order valence-electron chi connectivity index (χ4n) is 1.22. The largest absolute Gasteiger partial charge is 0.481 e. The minimum atomic E-state index is -0.876. The van der Waals surface area contributed by atoms with Crippen molar-refractivity contribution in [3.05, 3.63) is 41.5 Å². The second-order valence-corrected chi connectivity index (χ2v) is 3.31. The minimum Gasteiger partial charge on any atom is -0.481 e. The van der Waals surface area contributed by atoms with Crippen molar-refractivity contribution in [1.82, 2.24) is 0 Å². The van der Waals surface area contributed by atoms with E-state index >= 15 is 0 Å². The van der Waals surface area contributed by atoms with E-state index in [0.717, 1.165) is 11.1 Å². The zero-order valence-corrected chi connectivity index (χ0v) is 8.59. The summed E-state index contributed by atoms with van der Waals surface area (Å²) < 4.78 is 0. The van der Waals surface area contributed by atoms with Crippen molar-refractivity contribution in [2.45, 2.75) is 12.8 Å². The fourth-order valence-corrected chi connectivity index (χ4v) is 1.22. The standard InChI is InChI=1S/C12H12O4/c13-11(14)3-1-2-9-4-6-10(7-5-9)8-12(15)16/h1-2,4-7H,3,8H2,(H,13,14)(H,15,16). The van der Waals surface area contributed by atoms with Crippen molar-refractivity contribution in [2.75, 3.05) is 0 Å². The van der Waals surface area contributed by atoms with E-state index in [0.29, 0.717) is 0 Å². The smallest absolute Gasteiger partial charge is 0.307 e. The summed E-state index contributed by atoms with van der Waals surface area (Å²) in [5, 5.41) is 17.0. The Bertz CT molecular complexity index is 404. The van der Waals surface area contributed by atoms with Gasteiger partial charge in [-0.3, -0.25) is 9.59 Å². The van der Waals surface area contributed by atoms with Crippen molar-refractivity contribution in [3.8, 4) is 0 Å². The van der Waals surface area contributed by atoms with Crippen molar-refractivity contribution in [2.24, 2.45) is 0 Å². The molecule has 84 valence electrons. The predicted octanol–water partition coefficient (Wildman–Crippen LogP) is 1.80. The molecule has 0 aromatic heterocycles. The van der Waals surface area contributed by atoms with Gasteiger partial charge in [0, 0.05) is 0 Å². The second-order valence-electron chi connectivity index (χ2n) is 3.31. The normalized spacial score (nSPS) is 10.5. The summed E-state index contributed by atoms with van der Waals surface area (Å²) in [5.74, 6) is -1.74. The van der Waals surface area contributed by atoms with E-state index in [1.165, 1.54) is 0 Å².